The van der Waals surface area contributed by atoms with Gasteiger partial charge in [0.05, 0.1) is 4.47 Å². The molecular formula is C18H22BrNO. The first-order valence-electron chi connectivity index (χ1n) is 7.22. The molecule has 2 rings (SSSR count). The largest absolute Gasteiger partial charge is 0.456 e. The first kappa shape index (κ1) is 16.1. The molecule has 0 aliphatic carbocycles. The summed E-state index contributed by atoms with van der Waals surface area (Å²) in [5, 5.41) is 0. The molecule has 0 saturated heterocycles. The Morgan fingerprint density at radius 1 is 1.00 bits per heavy atom. The standard InChI is InChI=1S/C18H22BrNO/c1-11(2)15-7-5-12(3)9-18(15)21-17-8-6-14(13(4)20)10-16(17)19/h5-11,13H,20H2,1-4H3/t13-/m1/s1. The Morgan fingerprint density at radius 3 is 2.29 bits per heavy atom. The van der Waals surface area contributed by atoms with Crippen LogP contribution in [0, 0.1) is 6.92 Å². The zero-order chi connectivity index (χ0) is 15.6. The molecule has 0 radical (unpaired) electrons. The molecule has 1 atom stereocenters. The molecular weight excluding hydrogens is 326 g/mol. The van der Waals surface area contributed by atoms with E-state index in [1.54, 1.807) is 0 Å². The molecule has 0 bridgehead atoms. The van der Waals surface area contributed by atoms with E-state index in [0.29, 0.717) is 5.92 Å². The van der Waals surface area contributed by atoms with Crippen molar-refractivity contribution in [3.8, 4) is 11.5 Å². The van der Waals surface area contributed by atoms with Crippen molar-refractivity contribution in [2.24, 2.45) is 5.73 Å². The summed E-state index contributed by atoms with van der Waals surface area (Å²) in [7, 11) is 0. The SMILES string of the molecule is Cc1ccc(C(C)C)c(Oc2ccc([C@@H](C)N)cc2Br)c1. The summed E-state index contributed by atoms with van der Waals surface area (Å²) in [6, 6.07) is 12.4. The number of hydrogen-bond acceptors (Lipinski definition) is 2. The maximum absolute atomic E-state index is 6.13. The smallest absolute Gasteiger partial charge is 0.141 e. The number of benzene rings is 2. The molecule has 2 nitrogen and oxygen atoms in total. The highest BCUT2D eigenvalue weighted by Gasteiger charge is 2.12. The summed E-state index contributed by atoms with van der Waals surface area (Å²) in [5.74, 6) is 2.15. The molecule has 2 aromatic rings. The quantitative estimate of drug-likeness (QED) is 0.770. The Balaban J connectivity index is 2.36. The minimum atomic E-state index is 0.0144. The first-order valence-corrected chi connectivity index (χ1v) is 8.01. The predicted molar refractivity (Wildman–Crippen MR) is 92.1 cm³/mol. The van der Waals surface area contributed by atoms with Crippen LogP contribution in [0.5, 0.6) is 11.5 Å². The highest BCUT2D eigenvalue weighted by molar-refractivity contribution is 9.10. The van der Waals surface area contributed by atoms with Gasteiger partial charge in [0.2, 0.25) is 0 Å². The van der Waals surface area contributed by atoms with Crippen LogP contribution in [0.1, 0.15) is 49.4 Å². The first-order chi connectivity index (χ1) is 9.88. The summed E-state index contributed by atoms with van der Waals surface area (Å²) in [6.07, 6.45) is 0. The lowest BCUT2D eigenvalue weighted by Gasteiger charge is -2.16. The van der Waals surface area contributed by atoms with Gasteiger partial charge in [0.25, 0.3) is 0 Å². The Bertz CT molecular complexity index is 635. The maximum Gasteiger partial charge on any atom is 0.141 e. The van der Waals surface area contributed by atoms with E-state index in [-0.39, 0.29) is 6.04 Å². The third kappa shape index (κ3) is 3.86. The van der Waals surface area contributed by atoms with Crippen LogP contribution < -0.4 is 10.5 Å². The van der Waals surface area contributed by atoms with Gasteiger partial charge in [0.15, 0.2) is 0 Å². The highest BCUT2D eigenvalue weighted by Crippen LogP contribution is 2.35. The van der Waals surface area contributed by atoms with Crippen molar-refractivity contribution in [3.63, 3.8) is 0 Å². The van der Waals surface area contributed by atoms with Crippen LogP contribution in [0.25, 0.3) is 0 Å². The lowest BCUT2D eigenvalue weighted by Crippen LogP contribution is -2.04. The topological polar surface area (TPSA) is 35.2 Å². The number of hydrogen-bond donors (Lipinski definition) is 1. The van der Waals surface area contributed by atoms with E-state index >= 15 is 0 Å². The van der Waals surface area contributed by atoms with Crippen LogP contribution in [0.2, 0.25) is 0 Å². The molecule has 0 spiro atoms. The van der Waals surface area contributed by atoms with Crippen LogP contribution in [0.4, 0.5) is 0 Å². The van der Waals surface area contributed by atoms with Gasteiger partial charge in [-0.2, -0.15) is 0 Å². The fourth-order valence-electron chi connectivity index (χ4n) is 2.21. The number of halogens is 1. The van der Waals surface area contributed by atoms with E-state index < -0.39 is 0 Å². The van der Waals surface area contributed by atoms with Gasteiger partial charge >= 0.3 is 0 Å². The van der Waals surface area contributed by atoms with Crippen LogP contribution >= 0.6 is 15.9 Å². The van der Waals surface area contributed by atoms with Crippen molar-refractivity contribution in [2.45, 2.75) is 39.7 Å². The zero-order valence-corrected chi connectivity index (χ0v) is 14.6. The molecule has 2 N–H and O–H groups in total. The molecule has 3 heteroatoms. The number of aryl methyl sites for hydroxylation is 1. The summed E-state index contributed by atoms with van der Waals surface area (Å²) < 4.78 is 7.05. The second kappa shape index (κ2) is 6.63. The van der Waals surface area contributed by atoms with Gasteiger partial charge in [-0.1, -0.05) is 32.0 Å². The zero-order valence-electron chi connectivity index (χ0n) is 13.0. The lowest BCUT2D eigenvalue weighted by atomic mass is 10.0. The summed E-state index contributed by atoms with van der Waals surface area (Å²) in [6.45, 7) is 8.39. The van der Waals surface area contributed by atoms with Crippen molar-refractivity contribution < 1.29 is 4.74 Å². The van der Waals surface area contributed by atoms with E-state index in [1.807, 2.05) is 25.1 Å². The Labute approximate surface area is 135 Å². The summed E-state index contributed by atoms with van der Waals surface area (Å²) in [4.78, 5) is 0. The van der Waals surface area contributed by atoms with Crippen molar-refractivity contribution in [3.05, 3.63) is 57.6 Å². The monoisotopic (exact) mass is 347 g/mol. The van der Waals surface area contributed by atoms with Crippen LogP contribution in [-0.4, -0.2) is 0 Å². The third-order valence-electron chi connectivity index (χ3n) is 3.49. The Hall–Kier alpha value is -1.32. The normalized spacial score (nSPS) is 12.5. The van der Waals surface area contributed by atoms with Gasteiger partial charge < -0.3 is 10.5 Å². The molecule has 0 fully saturated rings. The van der Waals surface area contributed by atoms with Crippen molar-refractivity contribution in [2.75, 3.05) is 0 Å². The molecule has 0 saturated carbocycles. The van der Waals surface area contributed by atoms with Gasteiger partial charge in [0.1, 0.15) is 11.5 Å². The van der Waals surface area contributed by atoms with Crippen LogP contribution in [0.15, 0.2) is 40.9 Å². The van der Waals surface area contributed by atoms with Crippen molar-refractivity contribution in [1.29, 1.82) is 0 Å². The van der Waals surface area contributed by atoms with E-state index in [2.05, 4.69) is 54.9 Å². The van der Waals surface area contributed by atoms with E-state index in [9.17, 15) is 0 Å². The third-order valence-corrected chi connectivity index (χ3v) is 4.11. The average molecular weight is 348 g/mol. The molecule has 0 aliphatic heterocycles. The van der Waals surface area contributed by atoms with Crippen LogP contribution in [-0.2, 0) is 0 Å². The second-order valence-electron chi connectivity index (χ2n) is 5.78. The van der Waals surface area contributed by atoms with Crippen molar-refractivity contribution in [1.82, 2.24) is 0 Å². The average Bonchev–Trinajstić information content (AvgIpc) is 2.40. The number of rotatable bonds is 4. The van der Waals surface area contributed by atoms with Gasteiger partial charge in [-0.15, -0.1) is 0 Å². The van der Waals surface area contributed by atoms with E-state index in [1.165, 1.54) is 11.1 Å². The van der Waals surface area contributed by atoms with Gasteiger partial charge in [-0.3, -0.25) is 0 Å². The predicted octanol–water partition coefficient (Wildman–Crippen LogP) is 5.69. The molecule has 0 aliphatic rings. The molecule has 0 unspecified atom stereocenters. The van der Waals surface area contributed by atoms with E-state index in [0.717, 1.165) is 21.5 Å². The molecule has 21 heavy (non-hydrogen) atoms. The van der Waals surface area contributed by atoms with Gasteiger partial charge in [-0.05, 0) is 70.6 Å². The molecule has 0 amide bonds. The minimum absolute atomic E-state index is 0.0144. The molecule has 2 aromatic carbocycles. The molecule has 0 heterocycles. The van der Waals surface area contributed by atoms with Crippen molar-refractivity contribution >= 4 is 15.9 Å². The van der Waals surface area contributed by atoms with Gasteiger partial charge in [-0.25, -0.2) is 0 Å². The molecule has 0 aromatic heterocycles. The van der Waals surface area contributed by atoms with Gasteiger partial charge in [0, 0.05) is 6.04 Å². The number of nitrogens with two attached hydrogens (primary N) is 1. The summed E-state index contributed by atoms with van der Waals surface area (Å²) >= 11 is 3.57. The molecule has 112 valence electrons. The Morgan fingerprint density at radius 2 is 1.71 bits per heavy atom. The van der Waals surface area contributed by atoms with E-state index in [4.69, 9.17) is 10.5 Å². The maximum atomic E-state index is 6.13. The minimum Gasteiger partial charge on any atom is -0.456 e. The fourth-order valence-corrected chi connectivity index (χ4v) is 2.69. The van der Waals surface area contributed by atoms with Crippen LogP contribution in [0.3, 0.4) is 0 Å². The highest BCUT2D eigenvalue weighted by atomic mass is 79.9. The lowest BCUT2D eigenvalue weighted by molar-refractivity contribution is 0.469. The number of ether oxygens (including phenoxy) is 1. The fraction of sp³-hybridized carbons (Fsp3) is 0.333. The summed E-state index contributed by atoms with van der Waals surface area (Å²) in [5.41, 5.74) is 9.40. The Kier molecular flexibility index (Phi) is 5.07. The second-order valence-corrected chi connectivity index (χ2v) is 6.63.